The number of hydrogen-bond donors (Lipinski definition) is 3. The highest BCUT2D eigenvalue weighted by Crippen LogP contribution is 2.29. The Bertz CT molecular complexity index is 127. The van der Waals surface area contributed by atoms with E-state index in [1.807, 2.05) is 0 Å². The highest BCUT2D eigenvalue weighted by Gasteiger charge is 2.27. The summed E-state index contributed by atoms with van der Waals surface area (Å²) in [7, 11) is 0. The molecule has 3 heteroatoms. The van der Waals surface area contributed by atoms with E-state index in [9.17, 15) is 0 Å². The van der Waals surface area contributed by atoms with E-state index in [-0.39, 0.29) is 5.96 Å². The summed E-state index contributed by atoms with van der Waals surface area (Å²) < 4.78 is 0. The molecule has 0 atom stereocenters. The lowest BCUT2D eigenvalue weighted by atomic mass is 9.79. The highest BCUT2D eigenvalue weighted by atomic mass is 15.1. The first kappa shape index (κ1) is 7.38. The predicted molar refractivity (Wildman–Crippen MR) is 41.9 cm³/mol. The van der Waals surface area contributed by atoms with Gasteiger partial charge in [0, 0.05) is 6.04 Å². The fraction of sp³-hybridized carbons (Fsp3) is 0.857. The van der Waals surface area contributed by atoms with E-state index in [1.54, 1.807) is 0 Å². The van der Waals surface area contributed by atoms with Gasteiger partial charge in [0.25, 0.3) is 0 Å². The summed E-state index contributed by atoms with van der Waals surface area (Å²) in [6, 6.07) is 0.488. The molecule has 0 aromatic heterocycles. The highest BCUT2D eigenvalue weighted by molar-refractivity contribution is 5.74. The van der Waals surface area contributed by atoms with Crippen LogP contribution in [0.5, 0.6) is 0 Å². The predicted octanol–water partition coefficient (Wildman–Crippen LogP) is 0.658. The second-order valence-corrected chi connectivity index (χ2v) is 3.00. The van der Waals surface area contributed by atoms with Crippen molar-refractivity contribution in [2.24, 2.45) is 11.7 Å². The second kappa shape index (κ2) is 2.90. The summed E-state index contributed by atoms with van der Waals surface area (Å²) in [5.74, 6) is 0.983. The molecule has 0 saturated heterocycles. The normalized spacial score (nSPS) is 30.9. The fourth-order valence-electron chi connectivity index (χ4n) is 1.41. The molecule has 1 rings (SSSR count). The molecule has 1 aliphatic carbocycles. The Morgan fingerprint density at radius 3 is 2.70 bits per heavy atom. The average molecular weight is 141 g/mol. The lowest BCUT2D eigenvalue weighted by Gasteiger charge is -2.35. The van der Waals surface area contributed by atoms with E-state index >= 15 is 0 Å². The van der Waals surface area contributed by atoms with Gasteiger partial charge >= 0.3 is 0 Å². The maximum Gasteiger partial charge on any atom is 0.185 e. The van der Waals surface area contributed by atoms with Crippen LogP contribution in [0.25, 0.3) is 0 Å². The fourth-order valence-corrected chi connectivity index (χ4v) is 1.41. The first-order chi connectivity index (χ1) is 4.72. The van der Waals surface area contributed by atoms with Crippen LogP contribution in [0.2, 0.25) is 0 Å². The van der Waals surface area contributed by atoms with Crippen LogP contribution in [0, 0.1) is 11.3 Å². The molecule has 1 saturated carbocycles. The molecule has 58 valence electrons. The van der Waals surface area contributed by atoms with Crippen LogP contribution in [0.1, 0.15) is 26.2 Å². The molecular weight excluding hydrogens is 126 g/mol. The monoisotopic (exact) mass is 141 g/mol. The summed E-state index contributed by atoms with van der Waals surface area (Å²) in [4.78, 5) is 0. The third-order valence-electron chi connectivity index (χ3n) is 2.17. The molecular formula is C7H15N3. The Morgan fingerprint density at radius 1 is 1.70 bits per heavy atom. The van der Waals surface area contributed by atoms with Crippen LogP contribution in [-0.4, -0.2) is 12.0 Å². The molecule has 1 fully saturated rings. The Balaban J connectivity index is 2.08. The smallest absolute Gasteiger partial charge is 0.185 e. The summed E-state index contributed by atoms with van der Waals surface area (Å²) in [5.41, 5.74) is 5.16. The molecule has 0 radical (unpaired) electrons. The molecule has 10 heavy (non-hydrogen) atoms. The SMILES string of the molecule is CCC1CC(NC(=N)N)C1. The van der Waals surface area contributed by atoms with E-state index in [0.717, 1.165) is 5.92 Å². The van der Waals surface area contributed by atoms with Gasteiger partial charge in [0.05, 0.1) is 0 Å². The van der Waals surface area contributed by atoms with E-state index < -0.39 is 0 Å². The van der Waals surface area contributed by atoms with Crippen molar-refractivity contribution in [3.63, 3.8) is 0 Å². The first-order valence-electron chi connectivity index (χ1n) is 3.83. The third-order valence-corrected chi connectivity index (χ3v) is 2.17. The van der Waals surface area contributed by atoms with Crippen molar-refractivity contribution >= 4 is 5.96 Å². The van der Waals surface area contributed by atoms with Gasteiger partial charge in [-0.1, -0.05) is 13.3 Å². The van der Waals surface area contributed by atoms with Gasteiger partial charge in [-0.2, -0.15) is 0 Å². The zero-order valence-corrected chi connectivity index (χ0v) is 6.35. The van der Waals surface area contributed by atoms with Gasteiger partial charge in [-0.25, -0.2) is 0 Å². The molecule has 4 N–H and O–H groups in total. The van der Waals surface area contributed by atoms with Crippen LogP contribution in [0.4, 0.5) is 0 Å². The first-order valence-corrected chi connectivity index (χ1v) is 3.83. The van der Waals surface area contributed by atoms with E-state index in [0.29, 0.717) is 6.04 Å². The Kier molecular flexibility index (Phi) is 2.14. The van der Waals surface area contributed by atoms with Crippen LogP contribution < -0.4 is 11.1 Å². The third kappa shape index (κ3) is 1.62. The van der Waals surface area contributed by atoms with Gasteiger partial charge in [0.1, 0.15) is 0 Å². The molecule has 0 aromatic rings. The van der Waals surface area contributed by atoms with Crippen molar-refractivity contribution in [2.75, 3.05) is 0 Å². The molecule has 0 heterocycles. The largest absolute Gasteiger partial charge is 0.370 e. The number of guanidine groups is 1. The summed E-state index contributed by atoms with van der Waals surface area (Å²) in [6.07, 6.45) is 3.64. The molecule has 0 aliphatic heterocycles. The van der Waals surface area contributed by atoms with Gasteiger partial charge in [0.15, 0.2) is 5.96 Å². The van der Waals surface area contributed by atoms with Gasteiger partial charge in [-0.05, 0) is 18.8 Å². The Labute approximate surface area is 61.5 Å². The van der Waals surface area contributed by atoms with Crippen molar-refractivity contribution in [1.82, 2.24) is 5.32 Å². The zero-order chi connectivity index (χ0) is 7.56. The number of nitrogens with two attached hydrogens (primary N) is 1. The van der Waals surface area contributed by atoms with E-state index in [2.05, 4.69) is 12.2 Å². The van der Waals surface area contributed by atoms with Gasteiger partial charge in [-0.3, -0.25) is 5.41 Å². The number of nitrogens with one attached hydrogen (secondary N) is 2. The van der Waals surface area contributed by atoms with Crippen molar-refractivity contribution in [2.45, 2.75) is 32.2 Å². The van der Waals surface area contributed by atoms with Crippen LogP contribution in [0.15, 0.2) is 0 Å². The summed E-state index contributed by atoms with van der Waals surface area (Å²) in [5, 5.41) is 9.86. The Morgan fingerprint density at radius 2 is 2.30 bits per heavy atom. The van der Waals surface area contributed by atoms with E-state index in [4.69, 9.17) is 11.1 Å². The molecule has 0 unspecified atom stereocenters. The van der Waals surface area contributed by atoms with Crippen molar-refractivity contribution in [3.05, 3.63) is 0 Å². The van der Waals surface area contributed by atoms with Crippen LogP contribution >= 0.6 is 0 Å². The average Bonchev–Trinajstić information content (AvgIpc) is 1.76. The quantitative estimate of drug-likeness (QED) is 0.391. The minimum Gasteiger partial charge on any atom is -0.370 e. The van der Waals surface area contributed by atoms with Crippen molar-refractivity contribution in [1.29, 1.82) is 5.41 Å². The van der Waals surface area contributed by atoms with Gasteiger partial charge < -0.3 is 11.1 Å². The summed E-state index contributed by atoms with van der Waals surface area (Å²) in [6.45, 7) is 2.20. The zero-order valence-electron chi connectivity index (χ0n) is 6.35. The Hall–Kier alpha value is -0.730. The standard InChI is InChI=1S/C7H15N3/c1-2-5-3-6(4-5)10-7(8)9/h5-6H,2-4H2,1H3,(H4,8,9,10). The topological polar surface area (TPSA) is 61.9 Å². The molecule has 3 nitrogen and oxygen atoms in total. The summed E-state index contributed by atoms with van der Waals surface area (Å²) >= 11 is 0. The molecule has 1 aliphatic rings. The van der Waals surface area contributed by atoms with E-state index in [1.165, 1.54) is 19.3 Å². The van der Waals surface area contributed by atoms with Crippen molar-refractivity contribution in [3.8, 4) is 0 Å². The van der Waals surface area contributed by atoms with Crippen molar-refractivity contribution < 1.29 is 0 Å². The minimum atomic E-state index is 0.111. The van der Waals surface area contributed by atoms with Crippen LogP contribution in [0.3, 0.4) is 0 Å². The molecule has 0 amide bonds. The molecule has 0 aromatic carbocycles. The van der Waals surface area contributed by atoms with Gasteiger partial charge in [0.2, 0.25) is 0 Å². The van der Waals surface area contributed by atoms with Gasteiger partial charge in [-0.15, -0.1) is 0 Å². The molecule has 0 spiro atoms. The maximum atomic E-state index is 6.95. The lowest BCUT2D eigenvalue weighted by molar-refractivity contribution is 0.238. The van der Waals surface area contributed by atoms with Crippen LogP contribution in [-0.2, 0) is 0 Å². The second-order valence-electron chi connectivity index (χ2n) is 3.00. The maximum absolute atomic E-state index is 6.95. The minimum absolute atomic E-state index is 0.111. The lowest BCUT2D eigenvalue weighted by Crippen LogP contribution is -2.46. The number of rotatable bonds is 2. The number of hydrogen-bond acceptors (Lipinski definition) is 1. The molecule has 0 bridgehead atoms.